The van der Waals surface area contributed by atoms with Gasteiger partial charge in [-0.3, -0.25) is 0 Å². The van der Waals surface area contributed by atoms with Crippen LogP contribution in [0.25, 0.3) is 0 Å². The van der Waals surface area contributed by atoms with Gasteiger partial charge < -0.3 is 14.6 Å². The van der Waals surface area contributed by atoms with Gasteiger partial charge in [-0.1, -0.05) is 6.08 Å². The average Bonchev–Trinajstić information content (AvgIpc) is 2.75. The maximum absolute atomic E-state index is 5.35. The first kappa shape index (κ1) is 10.2. The average molecular weight is 207 g/mol. The van der Waals surface area contributed by atoms with Gasteiger partial charge in [0, 0.05) is 38.2 Å². The van der Waals surface area contributed by atoms with Crippen LogP contribution in [0, 0.1) is 0 Å². The molecule has 2 heterocycles. The molecule has 0 amide bonds. The lowest BCUT2D eigenvalue weighted by Gasteiger charge is -2.24. The van der Waals surface area contributed by atoms with E-state index < -0.39 is 0 Å². The van der Waals surface area contributed by atoms with E-state index in [0.717, 1.165) is 38.5 Å². The first-order valence-corrected chi connectivity index (χ1v) is 5.37. The van der Waals surface area contributed by atoms with Crippen LogP contribution in [-0.4, -0.2) is 29.3 Å². The van der Waals surface area contributed by atoms with Crippen LogP contribution in [0.2, 0.25) is 0 Å². The van der Waals surface area contributed by atoms with Gasteiger partial charge in [-0.15, -0.1) is 6.58 Å². The topological polar surface area (TPSA) is 39.1 Å². The van der Waals surface area contributed by atoms with Crippen LogP contribution in [0.5, 0.6) is 0 Å². The lowest BCUT2D eigenvalue weighted by atomic mass is 10.1. The zero-order valence-electron chi connectivity index (χ0n) is 8.85. The van der Waals surface area contributed by atoms with E-state index in [9.17, 15) is 0 Å². The zero-order valence-corrected chi connectivity index (χ0v) is 8.85. The van der Waals surface area contributed by atoms with Crippen LogP contribution in [0.4, 0.5) is 5.95 Å². The number of ether oxygens (including phenoxy) is 1. The molecule has 0 unspecified atom stereocenters. The fourth-order valence-electron chi connectivity index (χ4n) is 1.87. The van der Waals surface area contributed by atoms with Crippen LogP contribution >= 0.6 is 0 Å². The molecule has 1 N–H and O–H groups in total. The summed E-state index contributed by atoms with van der Waals surface area (Å²) >= 11 is 0. The number of anilines is 1. The Labute approximate surface area is 90.0 Å². The Morgan fingerprint density at radius 1 is 1.60 bits per heavy atom. The van der Waals surface area contributed by atoms with Crippen molar-refractivity contribution in [2.24, 2.45) is 0 Å². The van der Waals surface area contributed by atoms with Gasteiger partial charge in [0.25, 0.3) is 0 Å². The summed E-state index contributed by atoms with van der Waals surface area (Å²) in [6, 6.07) is 0.522. The smallest absolute Gasteiger partial charge is 0.203 e. The second-order valence-corrected chi connectivity index (χ2v) is 3.67. The highest BCUT2D eigenvalue weighted by atomic mass is 16.5. The van der Waals surface area contributed by atoms with Crippen LogP contribution in [0.3, 0.4) is 0 Å². The van der Waals surface area contributed by atoms with E-state index in [2.05, 4.69) is 21.4 Å². The van der Waals surface area contributed by atoms with Crippen molar-refractivity contribution in [2.45, 2.75) is 18.9 Å². The molecule has 0 saturated carbocycles. The van der Waals surface area contributed by atoms with Gasteiger partial charge in [-0.2, -0.15) is 0 Å². The van der Waals surface area contributed by atoms with E-state index in [4.69, 9.17) is 4.74 Å². The molecule has 0 radical (unpaired) electrons. The molecule has 1 saturated heterocycles. The third-order valence-electron chi connectivity index (χ3n) is 2.66. The molecule has 0 bridgehead atoms. The first-order chi connectivity index (χ1) is 7.42. The molecule has 4 heteroatoms. The predicted molar refractivity (Wildman–Crippen MR) is 60.0 cm³/mol. The third-order valence-corrected chi connectivity index (χ3v) is 2.66. The number of hydrogen-bond acceptors (Lipinski definition) is 3. The lowest BCUT2D eigenvalue weighted by molar-refractivity contribution is 0.0701. The zero-order chi connectivity index (χ0) is 10.5. The number of nitrogens with zero attached hydrogens (tertiary/aromatic N) is 2. The molecule has 15 heavy (non-hydrogen) atoms. The normalized spacial score (nSPS) is 17.6. The molecule has 1 aliphatic heterocycles. The van der Waals surface area contributed by atoms with Gasteiger partial charge in [0.1, 0.15) is 0 Å². The molecule has 0 spiro atoms. The second kappa shape index (κ2) is 4.98. The summed E-state index contributed by atoms with van der Waals surface area (Å²) in [5.74, 6) is 0.932. The van der Waals surface area contributed by atoms with Crippen molar-refractivity contribution in [3.8, 4) is 0 Å². The van der Waals surface area contributed by atoms with Crippen molar-refractivity contribution in [3.63, 3.8) is 0 Å². The molecule has 2 rings (SSSR count). The van der Waals surface area contributed by atoms with Crippen molar-refractivity contribution < 1.29 is 4.74 Å². The Balaban J connectivity index is 2.05. The minimum atomic E-state index is 0.522. The van der Waals surface area contributed by atoms with E-state index in [1.165, 1.54) is 0 Å². The molecular weight excluding hydrogens is 190 g/mol. The summed E-state index contributed by atoms with van der Waals surface area (Å²) < 4.78 is 7.55. The molecule has 1 aliphatic rings. The summed E-state index contributed by atoms with van der Waals surface area (Å²) in [5.41, 5.74) is 0. The van der Waals surface area contributed by atoms with Crippen LogP contribution < -0.4 is 5.32 Å². The Morgan fingerprint density at radius 3 is 3.13 bits per heavy atom. The maximum Gasteiger partial charge on any atom is 0.203 e. The van der Waals surface area contributed by atoms with Gasteiger partial charge >= 0.3 is 0 Å². The quantitative estimate of drug-likeness (QED) is 0.766. The number of aromatic nitrogens is 2. The number of rotatable bonds is 4. The molecular formula is C11H17N3O. The number of nitrogens with one attached hydrogen (secondary N) is 1. The molecule has 0 atom stereocenters. The molecule has 1 fully saturated rings. The standard InChI is InChI=1S/C11H17N3O/c1-2-5-12-11-13-6-7-14(11)10-3-8-15-9-4-10/h2,6-7,10H,1,3-5,8-9H2,(H,12,13). The van der Waals surface area contributed by atoms with Gasteiger partial charge in [0.2, 0.25) is 5.95 Å². The van der Waals surface area contributed by atoms with Crippen molar-refractivity contribution >= 4 is 5.95 Å². The van der Waals surface area contributed by atoms with Crippen molar-refractivity contribution in [2.75, 3.05) is 25.1 Å². The predicted octanol–water partition coefficient (Wildman–Crippen LogP) is 1.83. The van der Waals surface area contributed by atoms with E-state index in [1.54, 1.807) is 0 Å². The third kappa shape index (κ3) is 2.39. The summed E-state index contributed by atoms with van der Waals surface area (Å²) in [6.07, 6.45) is 7.84. The monoisotopic (exact) mass is 207 g/mol. The maximum atomic E-state index is 5.35. The largest absolute Gasteiger partial charge is 0.381 e. The van der Waals surface area contributed by atoms with Crippen molar-refractivity contribution in [1.82, 2.24) is 9.55 Å². The minimum absolute atomic E-state index is 0.522. The molecule has 1 aromatic rings. The lowest BCUT2D eigenvalue weighted by Crippen LogP contribution is -2.20. The summed E-state index contributed by atoms with van der Waals surface area (Å²) in [7, 11) is 0. The first-order valence-electron chi connectivity index (χ1n) is 5.37. The second-order valence-electron chi connectivity index (χ2n) is 3.67. The molecule has 0 aromatic carbocycles. The van der Waals surface area contributed by atoms with Gasteiger partial charge in [0.15, 0.2) is 0 Å². The summed E-state index contributed by atoms with van der Waals surface area (Å²) in [6.45, 7) is 6.13. The minimum Gasteiger partial charge on any atom is -0.381 e. The highest BCUT2D eigenvalue weighted by Crippen LogP contribution is 2.23. The molecule has 82 valence electrons. The highest BCUT2D eigenvalue weighted by Gasteiger charge is 2.17. The Bertz CT molecular complexity index is 315. The summed E-state index contributed by atoms with van der Waals surface area (Å²) in [4.78, 5) is 4.29. The van der Waals surface area contributed by atoms with Gasteiger partial charge in [-0.05, 0) is 12.8 Å². The Kier molecular flexibility index (Phi) is 3.40. The van der Waals surface area contributed by atoms with E-state index in [1.807, 2.05) is 18.5 Å². The number of imidazole rings is 1. The van der Waals surface area contributed by atoms with Crippen molar-refractivity contribution in [1.29, 1.82) is 0 Å². The van der Waals surface area contributed by atoms with E-state index in [0.29, 0.717) is 6.04 Å². The van der Waals surface area contributed by atoms with Crippen molar-refractivity contribution in [3.05, 3.63) is 25.0 Å². The van der Waals surface area contributed by atoms with Crippen LogP contribution in [0.15, 0.2) is 25.0 Å². The molecule has 1 aromatic heterocycles. The fourth-order valence-corrected chi connectivity index (χ4v) is 1.87. The Hall–Kier alpha value is -1.29. The van der Waals surface area contributed by atoms with Gasteiger partial charge in [0.05, 0.1) is 0 Å². The van der Waals surface area contributed by atoms with E-state index >= 15 is 0 Å². The molecule has 0 aliphatic carbocycles. The van der Waals surface area contributed by atoms with Crippen LogP contribution in [-0.2, 0) is 4.74 Å². The van der Waals surface area contributed by atoms with Gasteiger partial charge in [-0.25, -0.2) is 4.98 Å². The highest BCUT2D eigenvalue weighted by molar-refractivity contribution is 5.27. The SMILES string of the molecule is C=CCNc1nccn1C1CCOCC1. The number of hydrogen-bond donors (Lipinski definition) is 1. The fraction of sp³-hybridized carbons (Fsp3) is 0.545. The van der Waals surface area contributed by atoms with Crippen LogP contribution in [0.1, 0.15) is 18.9 Å². The Morgan fingerprint density at radius 2 is 2.40 bits per heavy atom. The molecule has 4 nitrogen and oxygen atoms in total. The van der Waals surface area contributed by atoms with E-state index in [-0.39, 0.29) is 0 Å². The summed E-state index contributed by atoms with van der Waals surface area (Å²) in [5, 5.41) is 3.23.